The van der Waals surface area contributed by atoms with Gasteiger partial charge in [-0.1, -0.05) is 6.07 Å². The van der Waals surface area contributed by atoms with E-state index in [0.29, 0.717) is 0 Å². The van der Waals surface area contributed by atoms with Crippen LogP contribution in [0.25, 0.3) is 0 Å². The number of hydrogen-bond donors (Lipinski definition) is 1. The van der Waals surface area contributed by atoms with Gasteiger partial charge >= 0.3 is 5.97 Å². The zero-order valence-corrected chi connectivity index (χ0v) is 9.55. The molecular formula is C12H14N2O3. The Kier molecular flexibility index (Phi) is 3.37. The van der Waals surface area contributed by atoms with E-state index in [1.807, 2.05) is 0 Å². The van der Waals surface area contributed by atoms with Crippen LogP contribution in [0.4, 0.5) is 0 Å². The number of pyridine rings is 1. The van der Waals surface area contributed by atoms with Gasteiger partial charge in [-0.2, -0.15) is 0 Å². The van der Waals surface area contributed by atoms with Crippen molar-refractivity contribution in [3.63, 3.8) is 0 Å². The lowest BCUT2D eigenvalue weighted by Gasteiger charge is -2.12. The van der Waals surface area contributed by atoms with Crippen molar-refractivity contribution in [2.75, 3.05) is 0 Å². The summed E-state index contributed by atoms with van der Waals surface area (Å²) in [5.41, 5.74) is 0.207. The van der Waals surface area contributed by atoms with Crippen molar-refractivity contribution in [2.24, 2.45) is 0 Å². The number of aromatic nitrogens is 1. The topological polar surface area (TPSA) is 68.3 Å². The molecule has 0 bridgehead atoms. The summed E-state index contributed by atoms with van der Waals surface area (Å²) in [7, 11) is 0. The molecule has 0 aromatic carbocycles. The van der Waals surface area contributed by atoms with Crippen molar-refractivity contribution >= 4 is 11.9 Å². The molecule has 0 unspecified atom stereocenters. The first kappa shape index (κ1) is 11.6. The Morgan fingerprint density at radius 2 is 2.24 bits per heavy atom. The number of rotatable bonds is 4. The number of carbonyl (C=O) groups is 2. The van der Waals surface area contributed by atoms with Crippen LogP contribution in [0.1, 0.15) is 30.3 Å². The van der Waals surface area contributed by atoms with Crippen LogP contribution in [0.15, 0.2) is 24.4 Å². The van der Waals surface area contributed by atoms with Crippen molar-refractivity contribution in [1.29, 1.82) is 0 Å². The highest BCUT2D eigenvalue weighted by Gasteiger charge is 2.27. The second-order valence-electron chi connectivity index (χ2n) is 4.05. The average molecular weight is 234 g/mol. The fraction of sp³-hybridized carbons (Fsp3) is 0.417. The first-order valence-corrected chi connectivity index (χ1v) is 5.59. The monoisotopic (exact) mass is 234 g/mol. The zero-order chi connectivity index (χ0) is 12.3. The minimum absolute atomic E-state index is 0.207. The Bertz CT molecular complexity index is 415. The van der Waals surface area contributed by atoms with E-state index in [1.165, 1.54) is 6.20 Å². The van der Waals surface area contributed by atoms with Crippen molar-refractivity contribution in [3.8, 4) is 0 Å². The lowest BCUT2D eigenvalue weighted by atomic mass is 10.3. The molecule has 1 heterocycles. The standard InChI is InChI=1S/C12H14N2O3/c1-8(11(15)14-9-5-6-9)17-12(16)10-4-2-3-7-13-10/h2-4,7-9H,5-6H2,1H3,(H,14,15)/t8-/m1/s1. The minimum atomic E-state index is -0.787. The third-order valence-electron chi connectivity index (χ3n) is 2.45. The van der Waals surface area contributed by atoms with Gasteiger partial charge < -0.3 is 10.1 Å². The average Bonchev–Trinajstić information content (AvgIpc) is 3.14. The second-order valence-corrected chi connectivity index (χ2v) is 4.05. The summed E-state index contributed by atoms with van der Waals surface area (Å²) in [4.78, 5) is 27.0. The van der Waals surface area contributed by atoms with Gasteiger partial charge in [0, 0.05) is 12.2 Å². The number of nitrogens with zero attached hydrogens (tertiary/aromatic N) is 1. The number of esters is 1. The molecule has 0 radical (unpaired) electrons. The van der Waals surface area contributed by atoms with Crippen molar-refractivity contribution < 1.29 is 14.3 Å². The van der Waals surface area contributed by atoms with Crippen LogP contribution in [-0.2, 0) is 9.53 Å². The third-order valence-corrected chi connectivity index (χ3v) is 2.45. The predicted molar refractivity (Wildman–Crippen MR) is 60.3 cm³/mol. The van der Waals surface area contributed by atoms with Crippen LogP contribution in [0.5, 0.6) is 0 Å². The first-order valence-electron chi connectivity index (χ1n) is 5.59. The van der Waals surface area contributed by atoms with Gasteiger partial charge in [0.05, 0.1) is 0 Å². The maximum absolute atomic E-state index is 11.6. The van der Waals surface area contributed by atoms with Gasteiger partial charge in [0.1, 0.15) is 5.69 Å². The van der Waals surface area contributed by atoms with E-state index in [4.69, 9.17) is 4.74 Å². The molecule has 0 spiro atoms. The summed E-state index contributed by atoms with van der Waals surface area (Å²) in [6.07, 6.45) is 2.73. The fourth-order valence-electron chi connectivity index (χ4n) is 1.30. The van der Waals surface area contributed by atoms with E-state index in [-0.39, 0.29) is 17.6 Å². The summed E-state index contributed by atoms with van der Waals surface area (Å²) in [6, 6.07) is 5.21. The van der Waals surface area contributed by atoms with E-state index in [1.54, 1.807) is 25.1 Å². The molecule has 1 aromatic rings. The first-order chi connectivity index (χ1) is 8.16. The molecule has 1 aliphatic carbocycles. The van der Waals surface area contributed by atoms with Crippen LogP contribution >= 0.6 is 0 Å². The number of nitrogens with one attached hydrogen (secondary N) is 1. The Balaban J connectivity index is 1.87. The largest absolute Gasteiger partial charge is 0.448 e. The SMILES string of the molecule is C[C@@H](OC(=O)c1ccccn1)C(=O)NC1CC1. The Hall–Kier alpha value is -1.91. The molecule has 1 saturated carbocycles. The highest BCUT2D eigenvalue weighted by atomic mass is 16.5. The third kappa shape index (κ3) is 3.27. The van der Waals surface area contributed by atoms with Gasteiger partial charge in [-0.25, -0.2) is 9.78 Å². The molecule has 17 heavy (non-hydrogen) atoms. The van der Waals surface area contributed by atoms with Gasteiger partial charge in [-0.15, -0.1) is 0 Å². The molecule has 5 nitrogen and oxygen atoms in total. The Morgan fingerprint density at radius 1 is 1.47 bits per heavy atom. The quantitative estimate of drug-likeness (QED) is 0.786. The summed E-state index contributed by atoms with van der Waals surface area (Å²) in [5, 5.41) is 2.77. The Morgan fingerprint density at radius 3 is 2.82 bits per heavy atom. The molecule has 1 aliphatic rings. The molecule has 1 aromatic heterocycles. The molecule has 0 saturated heterocycles. The fourth-order valence-corrected chi connectivity index (χ4v) is 1.30. The number of carbonyl (C=O) groups excluding carboxylic acids is 2. The highest BCUT2D eigenvalue weighted by molar-refractivity contribution is 5.90. The van der Waals surface area contributed by atoms with E-state index >= 15 is 0 Å². The van der Waals surface area contributed by atoms with Crippen LogP contribution < -0.4 is 5.32 Å². The summed E-state index contributed by atoms with van der Waals surface area (Å²) >= 11 is 0. The van der Waals surface area contributed by atoms with Gasteiger partial charge in [0.15, 0.2) is 6.10 Å². The molecule has 0 aliphatic heterocycles. The van der Waals surface area contributed by atoms with Crippen LogP contribution in [0.2, 0.25) is 0 Å². The maximum Gasteiger partial charge on any atom is 0.357 e. The zero-order valence-electron chi connectivity index (χ0n) is 9.55. The second kappa shape index (κ2) is 4.95. The maximum atomic E-state index is 11.6. The molecule has 2 rings (SSSR count). The number of ether oxygens (including phenoxy) is 1. The van der Waals surface area contributed by atoms with Crippen LogP contribution in [0, 0.1) is 0 Å². The van der Waals surface area contributed by atoms with Gasteiger partial charge in [0.25, 0.3) is 5.91 Å². The molecule has 1 atom stereocenters. The van der Waals surface area contributed by atoms with Crippen molar-refractivity contribution in [3.05, 3.63) is 30.1 Å². The van der Waals surface area contributed by atoms with Gasteiger partial charge in [0.2, 0.25) is 0 Å². The van der Waals surface area contributed by atoms with E-state index in [9.17, 15) is 9.59 Å². The summed E-state index contributed by atoms with van der Waals surface area (Å²) in [6.45, 7) is 1.55. The molecule has 1 fully saturated rings. The van der Waals surface area contributed by atoms with Gasteiger partial charge in [-0.3, -0.25) is 4.79 Å². The predicted octanol–water partition coefficient (Wildman–Crippen LogP) is 0.905. The van der Waals surface area contributed by atoms with Crippen molar-refractivity contribution in [1.82, 2.24) is 10.3 Å². The Labute approximate surface area is 99.2 Å². The summed E-state index contributed by atoms with van der Waals surface area (Å²) in [5.74, 6) is -0.833. The lowest BCUT2D eigenvalue weighted by molar-refractivity contribution is -0.129. The number of amides is 1. The van der Waals surface area contributed by atoms with Gasteiger partial charge in [-0.05, 0) is 31.9 Å². The highest BCUT2D eigenvalue weighted by Crippen LogP contribution is 2.18. The van der Waals surface area contributed by atoms with E-state index < -0.39 is 12.1 Å². The minimum Gasteiger partial charge on any atom is -0.448 e. The van der Waals surface area contributed by atoms with E-state index in [2.05, 4.69) is 10.3 Å². The van der Waals surface area contributed by atoms with Crippen LogP contribution in [0.3, 0.4) is 0 Å². The normalized spacial score (nSPS) is 16.1. The lowest BCUT2D eigenvalue weighted by Crippen LogP contribution is -2.37. The van der Waals surface area contributed by atoms with Crippen molar-refractivity contribution in [2.45, 2.75) is 31.9 Å². The molecule has 5 heteroatoms. The van der Waals surface area contributed by atoms with E-state index in [0.717, 1.165) is 12.8 Å². The van der Waals surface area contributed by atoms with Crippen LogP contribution in [-0.4, -0.2) is 29.0 Å². The smallest absolute Gasteiger partial charge is 0.357 e. The molecule has 1 amide bonds. The number of hydrogen-bond acceptors (Lipinski definition) is 4. The molecular weight excluding hydrogens is 220 g/mol. The summed E-state index contributed by atoms with van der Waals surface area (Å²) < 4.78 is 5.01. The molecule has 1 N–H and O–H groups in total. The molecule has 90 valence electrons.